The smallest absolute Gasteiger partial charge is 0.141 e. The van der Waals surface area contributed by atoms with E-state index < -0.39 is 0 Å². The van der Waals surface area contributed by atoms with Gasteiger partial charge in [-0.2, -0.15) is 0 Å². The van der Waals surface area contributed by atoms with Gasteiger partial charge in [0.05, 0.1) is 22.1 Å². The summed E-state index contributed by atoms with van der Waals surface area (Å²) in [4.78, 5) is 12.3. The van der Waals surface area contributed by atoms with Crippen molar-refractivity contribution < 1.29 is 0 Å². The molecule has 0 saturated carbocycles. The van der Waals surface area contributed by atoms with Crippen LogP contribution in [-0.4, -0.2) is 44.6 Å². The van der Waals surface area contributed by atoms with E-state index in [-0.39, 0.29) is 0 Å². The van der Waals surface area contributed by atoms with E-state index in [9.17, 15) is 0 Å². The van der Waals surface area contributed by atoms with Crippen LogP contribution in [0.1, 0.15) is 13.3 Å². The monoisotopic (exact) mass is 423 g/mol. The molecule has 0 amide bonds. The Labute approximate surface area is 189 Å². The molecule has 0 spiro atoms. The largest absolute Gasteiger partial charge is 0.324 e. The van der Waals surface area contributed by atoms with Gasteiger partial charge in [-0.15, -0.1) is 0 Å². The van der Waals surface area contributed by atoms with Crippen molar-refractivity contribution in [3.8, 4) is 22.8 Å². The fourth-order valence-corrected chi connectivity index (χ4v) is 4.33. The van der Waals surface area contributed by atoms with Crippen molar-refractivity contribution in [3.63, 3.8) is 0 Å². The average Bonchev–Trinajstić information content (AvgIpc) is 3.35. The number of hydrogen-bond donors (Lipinski definition) is 0. The number of rotatable bonds is 7. The fourth-order valence-electron chi connectivity index (χ4n) is 4.33. The molecule has 2 heterocycles. The van der Waals surface area contributed by atoms with E-state index in [1.54, 1.807) is 0 Å². The first-order chi connectivity index (χ1) is 15.7. The molecule has 0 aliphatic carbocycles. The number of imidazole rings is 2. The molecule has 0 atom stereocenters. The molecule has 162 valence electrons. The van der Waals surface area contributed by atoms with Gasteiger partial charge >= 0.3 is 0 Å². The number of fused-ring (bicyclic) bond motifs is 2. The first-order valence-corrected chi connectivity index (χ1v) is 11.3. The van der Waals surface area contributed by atoms with Crippen LogP contribution in [0.4, 0.5) is 0 Å². The molecule has 0 radical (unpaired) electrons. The zero-order valence-electron chi connectivity index (χ0n) is 19.0. The van der Waals surface area contributed by atoms with Gasteiger partial charge in [-0.05, 0) is 32.6 Å². The zero-order valence-corrected chi connectivity index (χ0v) is 19.0. The molecular weight excluding hydrogens is 394 g/mol. The van der Waals surface area contributed by atoms with Gasteiger partial charge in [-0.1, -0.05) is 67.6 Å². The lowest BCUT2D eigenvalue weighted by Crippen LogP contribution is -2.18. The number of nitrogens with zero attached hydrogens (tertiary/aromatic N) is 5. The van der Waals surface area contributed by atoms with Crippen molar-refractivity contribution in [2.24, 2.45) is 0 Å². The van der Waals surface area contributed by atoms with Crippen LogP contribution in [0.3, 0.4) is 0 Å². The molecule has 2 aromatic heterocycles. The van der Waals surface area contributed by atoms with E-state index in [0.717, 1.165) is 65.4 Å². The van der Waals surface area contributed by atoms with E-state index in [0.29, 0.717) is 0 Å². The summed E-state index contributed by atoms with van der Waals surface area (Å²) in [5.41, 5.74) is 6.62. The first kappa shape index (κ1) is 20.5. The van der Waals surface area contributed by atoms with Gasteiger partial charge in [-0.3, -0.25) is 0 Å². The lowest BCUT2D eigenvalue weighted by Gasteiger charge is -2.14. The molecule has 0 unspecified atom stereocenters. The van der Waals surface area contributed by atoms with Crippen LogP contribution in [-0.2, 0) is 13.1 Å². The van der Waals surface area contributed by atoms with Gasteiger partial charge in [0, 0.05) is 30.8 Å². The Hall–Kier alpha value is -3.44. The van der Waals surface area contributed by atoms with Gasteiger partial charge in [0.2, 0.25) is 0 Å². The molecule has 0 bridgehead atoms. The van der Waals surface area contributed by atoms with E-state index in [2.05, 4.69) is 95.7 Å². The zero-order chi connectivity index (χ0) is 22.1. The highest BCUT2D eigenvalue weighted by Gasteiger charge is 2.18. The molecule has 0 N–H and O–H groups in total. The van der Waals surface area contributed by atoms with Crippen LogP contribution in [0.5, 0.6) is 0 Å². The minimum atomic E-state index is 0.882. The first-order valence-electron chi connectivity index (χ1n) is 11.3. The van der Waals surface area contributed by atoms with Crippen LogP contribution in [0.25, 0.3) is 44.8 Å². The number of likely N-dealkylation sites (N-methyl/N-ethyl adjacent to an activating group) is 1. The van der Waals surface area contributed by atoms with Crippen molar-refractivity contribution in [1.29, 1.82) is 0 Å². The number of hydrogen-bond acceptors (Lipinski definition) is 3. The molecule has 5 rings (SSSR count). The third kappa shape index (κ3) is 3.69. The van der Waals surface area contributed by atoms with Crippen LogP contribution in [0.2, 0.25) is 0 Å². The molecular formula is C27H29N5. The lowest BCUT2D eigenvalue weighted by molar-refractivity contribution is 0.387. The van der Waals surface area contributed by atoms with Crippen LogP contribution in [0, 0.1) is 0 Å². The second-order valence-electron chi connectivity index (χ2n) is 8.54. The minimum absolute atomic E-state index is 0.882. The minimum Gasteiger partial charge on any atom is -0.324 e. The predicted molar refractivity (Wildman–Crippen MR) is 133 cm³/mol. The Morgan fingerprint density at radius 3 is 1.66 bits per heavy atom. The highest BCUT2D eigenvalue weighted by molar-refractivity contribution is 5.95. The average molecular weight is 424 g/mol. The van der Waals surface area contributed by atoms with E-state index in [1.165, 1.54) is 5.52 Å². The number of aryl methyl sites for hydroxylation is 1. The predicted octanol–water partition coefficient (Wildman–Crippen LogP) is 5.69. The summed E-state index contributed by atoms with van der Waals surface area (Å²) < 4.78 is 4.71. The molecule has 0 fully saturated rings. The van der Waals surface area contributed by atoms with E-state index in [1.807, 2.05) is 12.1 Å². The SMILES string of the molecule is CCCn1c(-c2ccccc2)nc2cc3nc(-c4ccccc4)n(CCN(C)C)c3cc21. The molecule has 5 aromatic rings. The highest BCUT2D eigenvalue weighted by atomic mass is 15.1. The standard InChI is InChI=1S/C27H29N5/c1-4-15-31-24-19-25-23(18-22(24)28-26(31)20-11-7-5-8-12-20)29-27(21-13-9-6-10-14-21)32(25)17-16-30(2)3/h5-14,18-19H,4,15-17H2,1-3H3. The topological polar surface area (TPSA) is 38.9 Å². The van der Waals surface area contributed by atoms with Gasteiger partial charge in [0.1, 0.15) is 11.6 Å². The summed E-state index contributed by atoms with van der Waals surface area (Å²) in [5.74, 6) is 2.04. The van der Waals surface area contributed by atoms with Gasteiger partial charge in [0.15, 0.2) is 0 Å². The summed E-state index contributed by atoms with van der Waals surface area (Å²) in [7, 11) is 4.23. The van der Waals surface area contributed by atoms with Gasteiger partial charge < -0.3 is 14.0 Å². The maximum Gasteiger partial charge on any atom is 0.141 e. The Morgan fingerprint density at radius 1 is 0.688 bits per heavy atom. The molecule has 5 nitrogen and oxygen atoms in total. The maximum absolute atomic E-state index is 5.06. The van der Waals surface area contributed by atoms with Crippen molar-refractivity contribution in [2.75, 3.05) is 20.6 Å². The summed E-state index contributed by atoms with van der Waals surface area (Å²) in [6.45, 7) is 4.98. The molecule has 0 saturated heterocycles. The molecule has 5 heteroatoms. The summed E-state index contributed by atoms with van der Waals surface area (Å²) in [6.07, 6.45) is 1.05. The third-order valence-electron chi connectivity index (χ3n) is 5.90. The van der Waals surface area contributed by atoms with Crippen molar-refractivity contribution >= 4 is 22.1 Å². The Balaban J connectivity index is 1.74. The maximum atomic E-state index is 5.06. The van der Waals surface area contributed by atoms with Crippen molar-refractivity contribution in [3.05, 3.63) is 72.8 Å². The Morgan fingerprint density at radius 2 is 1.19 bits per heavy atom. The van der Waals surface area contributed by atoms with E-state index >= 15 is 0 Å². The number of aromatic nitrogens is 4. The van der Waals surface area contributed by atoms with Crippen LogP contribution >= 0.6 is 0 Å². The van der Waals surface area contributed by atoms with Gasteiger partial charge in [-0.25, -0.2) is 9.97 Å². The van der Waals surface area contributed by atoms with E-state index in [4.69, 9.17) is 9.97 Å². The normalized spacial score (nSPS) is 11.8. The number of benzene rings is 3. The second kappa shape index (κ2) is 8.60. The van der Waals surface area contributed by atoms with Crippen molar-refractivity contribution in [1.82, 2.24) is 24.0 Å². The van der Waals surface area contributed by atoms with Crippen LogP contribution in [0.15, 0.2) is 72.8 Å². The Bertz CT molecular complexity index is 1350. The Kier molecular flexibility index (Phi) is 5.50. The summed E-state index contributed by atoms with van der Waals surface area (Å²) >= 11 is 0. The summed E-state index contributed by atoms with van der Waals surface area (Å²) in [6, 6.07) is 25.4. The molecule has 0 aliphatic heterocycles. The van der Waals surface area contributed by atoms with Crippen LogP contribution < -0.4 is 0 Å². The summed E-state index contributed by atoms with van der Waals surface area (Å²) in [5, 5.41) is 0. The molecule has 3 aromatic carbocycles. The second-order valence-corrected chi connectivity index (χ2v) is 8.54. The highest BCUT2D eigenvalue weighted by Crippen LogP contribution is 2.31. The quantitative estimate of drug-likeness (QED) is 0.337. The third-order valence-corrected chi connectivity index (χ3v) is 5.90. The lowest BCUT2D eigenvalue weighted by atomic mass is 10.2. The molecule has 32 heavy (non-hydrogen) atoms. The van der Waals surface area contributed by atoms with Gasteiger partial charge in [0.25, 0.3) is 0 Å². The molecule has 0 aliphatic rings. The fraction of sp³-hybridized carbons (Fsp3) is 0.259. The van der Waals surface area contributed by atoms with Crippen molar-refractivity contribution in [2.45, 2.75) is 26.4 Å².